The molecular formula is C31H46O9. The third kappa shape index (κ3) is 4.37. The minimum Gasteiger partial charge on any atom is -0.462 e. The lowest BCUT2D eigenvalue weighted by Gasteiger charge is -2.63. The van der Waals surface area contributed by atoms with Crippen LogP contribution >= 0.6 is 0 Å². The number of hydrogen-bond acceptors (Lipinski definition) is 9. The van der Waals surface area contributed by atoms with Crippen molar-refractivity contribution in [3.05, 3.63) is 11.6 Å². The summed E-state index contributed by atoms with van der Waals surface area (Å²) in [5.74, 6) is -0.0749. The van der Waals surface area contributed by atoms with E-state index in [9.17, 15) is 24.9 Å². The third-order valence-corrected chi connectivity index (χ3v) is 12.2. The number of rotatable bonds is 4. The highest BCUT2D eigenvalue weighted by molar-refractivity contribution is 5.85. The number of carbonyl (C=O) groups excluding carboxylic acids is 2. The number of cyclic esters (lactones) is 1. The average molecular weight is 563 g/mol. The summed E-state index contributed by atoms with van der Waals surface area (Å²) in [4.78, 5) is 24.1. The van der Waals surface area contributed by atoms with Gasteiger partial charge in [-0.25, -0.2) is 4.79 Å². The molecule has 4 aliphatic carbocycles. The molecule has 0 aromatic heterocycles. The van der Waals surface area contributed by atoms with Gasteiger partial charge < -0.3 is 34.3 Å². The summed E-state index contributed by atoms with van der Waals surface area (Å²) in [7, 11) is 0. The molecule has 4 saturated carbocycles. The van der Waals surface area contributed by atoms with Crippen molar-refractivity contribution in [1.29, 1.82) is 0 Å². The van der Waals surface area contributed by atoms with Crippen LogP contribution in [0.3, 0.4) is 0 Å². The summed E-state index contributed by atoms with van der Waals surface area (Å²) < 4.78 is 23.3. The van der Waals surface area contributed by atoms with Gasteiger partial charge in [0.2, 0.25) is 0 Å². The third-order valence-electron chi connectivity index (χ3n) is 12.2. The largest absolute Gasteiger partial charge is 0.462 e. The van der Waals surface area contributed by atoms with Crippen LogP contribution in [0.25, 0.3) is 0 Å². The number of esters is 2. The predicted octanol–water partition coefficient (Wildman–Crippen LogP) is 3.03. The first-order chi connectivity index (χ1) is 18.9. The van der Waals surface area contributed by atoms with Crippen LogP contribution in [0.2, 0.25) is 0 Å². The topological polar surface area (TPSA) is 132 Å². The van der Waals surface area contributed by atoms with E-state index in [0.717, 1.165) is 50.5 Å². The van der Waals surface area contributed by atoms with Crippen molar-refractivity contribution in [2.75, 3.05) is 6.61 Å². The minimum absolute atomic E-state index is 0.0438. The molecule has 0 amide bonds. The van der Waals surface area contributed by atoms with E-state index in [0.29, 0.717) is 18.3 Å². The molecule has 3 N–H and O–H groups in total. The molecule has 0 aromatic carbocycles. The maximum Gasteiger partial charge on any atom is 0.331 e. The van der Waals surface area contributed by atoms with Crippen LogP contribution in [-0.4, -0.2) is 76.3 Å². The Hall–Kier alpha value is -1.52. The zero-order valence-corrected chi connectivity index (χ0v) is 24.2. The fourth-order valence-corrected chi connectivity index (χ4v) is 10.2. The average Bonchev–Trinajstić information content (AvgIpc) is 3.39. The summed E-state index contributed by atoms with van der Waals surface area (Å²) >= 11 is 0. The van der Waals surface area contributed by atoms with E-state index >= 15 is 0 Å². The van der Waals surface area contributed by atoms with Crippen LogP contribution in [0, 0.1) is 34.5 Å². The van der Waals surface area contributed by atoms with E-state index in [1.165, 1.54) is 6.92 Å². The highest BCUT2D eigenvalue weighted by atomic mass is 16.7. The van der Waals surface area contributed by atoms with E-state index in [4.69, 9.17) is 18.9 Å². The van der Waals surface area contributed by atoms with Crippen LogP contribution in [0.4, 0.5) is 0 Å². The summed E-state index contributed by atoms with van der Waals surface area (Å²) in [5, 5.41) is 32.9. The van der Waals surface area contributed by atoms with Crippen molar-refractivity contribution in [1.82, 2.24) is 0 Å². The normalized spacial score (nSPS) is 52.2. The number of aliphatic hydroxyl groups is 3. The number of carbonyl (C=O) groups is 2. The molecule has 0 bridgehead atoms. The second-order valence-corrected chi connectivity index (χ2v) is 14.1. The fraction of sp³-hybridized carbons (Fsp3) is 0.871. The molecule has 6 rings (SSSR count). The lowest BCUT2D eigenvalue weighted by atomic mass is 9.43. The molecule has 1 saturated heterocycles. The number of ether oxygens (including phenoxy) is 4. The van der Waals surface area contributed by atoms with Crippen LogP contribution in [0.1, 0.15) is 85.5 Å². The molecule has 0 radical (unpaired) electrons. The van der Waals surface area contributed by atoms with Crippen molar-refractivity contribution in [2.24, 2.45) is 34.5 Å². The number of hydrogen-bond donors (Lipinski definition) is 3. The fourth-order valence-electron chi connectivity index (χ4n) is 10.2. The van der Waals surface area contributed by atoms with Crippen molar-refractivity contribution in [2.45, 2.75) is 128 Å². The van der Waals surface area contributed by atoms with Gasteiger partial charge in [-0.3, -0.25) is 4.79 Å². The highest BCUT2D eigenvalue weighted by Gasteiger charge is 2.71. The quantitative estimate of drug-likeness (QED) is 0.349. The zero-order chi connectivity index (χ0) is 28.6. The number of aliphatic hydroxyl groups excluding tert-OH is 2. The van der Waals surface area contributed by atoms with Gasteiger partial charge in [-0.05, 0) is 80.6 Å². The first-order valence-electron chi connectivity index (χ1n) is 15.3. The minimum atomic E-state index is -1.00. The van der Waals surface area contributed by atoms with Crippen LogP contribution in [-0.2, 0) is 28.5 Å². The van der Waals surface area contributed by atoms with Gasteiger partial charge in [0.1, 0.15) is 18.8 Å². The number of fused-ring (bicyclic) bond motifs is 5. The first kappa shape index (κ1) is 28.6. The van der Waals surface area contributed by atoms with Crippen LogP contribution < -0.4 is 0 Å². The van der Waals surface area contributed by atoms with Gasteiger partial charge in [0.05, 0.1) is 23.9 Å². The van der Waals surface area contributed by atoms with Gasteiger partial charge >= 0.3 is 11.9 Å². The molecule has 5 fully saturated rings. The Bertz CT molecular complexity index is 1050. The van der Waals surface area contributed by atoms with E-state index < -0.39 is 41.7 Å². The molecule has 2 heterocycles. The van der Waals surface area contributed by atoms with Gasteiger partial charge in [-0.2, -0.15) is 0 Å². The van der Waals surface area contributed by atoms with Crippen molar-refractivity contribution in [3.8, 4) is 0 Å². The second kappa shape index (κ2) is 10.0. The lowest BCUT2D eigenvalue weighted by molar-refractivity contribution is -0.270. The smallest absolute Gasteiger partial charge is 0.331 e. The van der Waals surface area contributed by atoms with E-state index in [-0.39, 0.29) is 48.3 Å². The molecule has 2 aliphatic heterocycles. The van der Waals surface area contributed by atoms with Crippen LogP contribution in [0.5, 0.6) is 0 Å². The molecule has 9 heteroatoms. The molecule has 40 heavy (non-hydrogen) atoms. The Kier molecular flexibility index (Phi) is 7.18. The predicted molar refractivity (Wildman–Crippen MR) is 142 cm³/mol. The lowest BCUT2D eigenvalue weighted by Crippen LogP contribution is -2.62. The maximum absolute atomic E-state index is 12.7. The van der Waals surface area contributed by atoms with Crippen molar-refractivity contribution in [3.63, 3.8) is 0 Å². The molecule has 0 unspecified atom stereocenters. The Balaban J connectivity index is 1.20. The van der Waals surface area contributed by atoms with E-state index in [1.54, 1.807) is 13.0 Å². The monoisotopic (exact) mass is 562 g/mol. The Morgan fingerprint density at radius 2 is 1.85 bits per heavy atom. The standard InChI is InChI=1S/C31H46O9/c1-16-28(35)23(33)13-26(38-16)40-20-7-9-29(3)19(12-20)5-6-22-21(29)8-10-30(4)27(18-11-25(34)37-15-18)24(39-17(2)32)14-31(22,30)36/h11,16,19-24,26-28,33,35-36H,5-10,12-15H2,1-4H3/t16-,19-,20+,21+,22-,23+,24+,26+,27+,28-,29+,30-,31+/m1/s1. The summed E-state index contributed by atoms with van der Waals surface area (Å²) in [6, 6.07) is 0. The maximum atomic E-state index is 12.7. The summed E-state index contributed by atoms with van der Waals surface area (Å²) in [6.07, 6.45) is 5.56. The zero-order valence-electron chi connectivity index (χ0n) is 24.2. The molecule has 13 atom stereocenters. The van der Waals surface area contributed by atoms with E-state index in [1.807, 2.05) is 0 Å². The van der Waals surface area contributed by atoms with Crippen molar-refractivity contribution < 1.29 is 43.9 Å². The van der Waals surface area contributed by atoms with Gasteiger partial charge in [0, 0.05) is 37.2 Å². The van der Waals surface area contributed by atoms with Crippen LogP contribution in [0.15, 0.2) is 11.6 Å². The first-order valence-corrected chi connectivity index (χ1v) is 15.3. The Labute approximate surface area is 236 Å². The van der Waals surface area contributed by atoms with Gasteiger partial charge in [-0.15, -0.1) is 0 Å². The van der Waals surface area contributed by atoms with Gasteiger partial charge in [0.25, 0.3) is 0 Å². The Morgan fingerprint density at radius 1 is 1.07 bits per heavy atom. The second-order valence-electron chi connectivity index (χ2n) is 14.1. The molecular weight excluding hydrogens is 516 g/mol. The van der Waals surface area contributed by atoms with Gasteiger partial charge in [0.15, 0.2) is 6.29 Å². The van der Waals surface area contributed by atoms with Gasteiger partial charge in [-0.1, -0.05) is 13.8 Å². The summed E-state index contributed by atoms with van der Waals surface area (Å²) in [6.45, 7) is 7.90. The molecule has 0 spiro atoms. The summed E-state index contributed by atoms with van der Waals surface area (Å²) in [5.41, 5.74) is -0.616. The Morgan fingerprint density at radius 3 is 2.52 bits per heavy atom. The highest BCUT2D eigenvalue weighted by Crippen LogP contribution is 2.70. The van der Waals surface area contributed by atoms with E-state index in [2.05, 4.69) is 13.8 Å². The van der Waals surface area contributed by atoms with Crippen molar-refractivity contribution >= 4 is 11.9 Å². The SMILES string of the molecule is CC(=O)O[C@H]1C[C@]2(O)[C@@H]3CC[C@@H]4C[C@@H](O[C@H]5C[C@H](O)[C@H](O)[C@@H](C)O5)CC[C@]4(C)[C@H]3CC[C@]2(C)[C@H]1C1=CC(=O)OC1. The molecule has 0 aromatic rings. The molecule has 224 valence electrons. The molecule has 6 aliphatic rings. The molecule has 9 nitrogen and oxygen atoms in total.